The van der Waals surface area contributed by atoms with Gasteiger partial charge in [0.05, 0.1) is 5.52 Å². The Kier molecular flexibility index (Phi) is 5.24. The summed E-state index contributed by atoms with van der Waals surface area (Å²) in [5.74, 6) is 2.00. The summed E-state index contributed by atoms with van der Waals surface area (Å²) in [7, 11) is -3.68. The van der Waals surface area contributed by atoms with E-state index < -0.39 is 10.0 Å². The molecule has 0 aliphatic carbocycles. The highest BCUT2D eigenvalue weighted by molar-refractivity contribution is 7.89. The van der Waals surface area contributed by atoms with E-state index in [-0.39, 0.29) is 11.4 Å². The number of aromatic nitrogens is 4. The molecule has 2 N–H and O–H groups in total. The number of anilines is 1. The molecule has 0 fully saturated rings. The lowest BCUT2D eigenvalue weighted by molar-refractivity contribution is 0.583. The zero-order chi connectivity index (χ0) is 20.3. The summed E-state index contributed by atoms with van der Waals surface area (Å²) in [5.41, 5.74) is 0.457. The van der Waals surface area contributed by atoms with Gasteiger partial charge in [0, 0.05) is 43.1 Å². The van der Waals surface area contributed by atoms with Gasteiger partial charge >= 0.3 is 0 Å². The number of hydrogen-bond acceptors (Lipinski definition) is 6. The minimum absolute atomic E-state index is 0.170. The van der Waals surface area contributed by atoms with Crippen LogP contribution < -0.4 is 10.0 Å². The van der Waals surface area contributed by atoms with Crippen LogP contribution in [0, 0.1) is 6.92 Å². The van der Waals surface area contributed by atoms with Crippen molar-refractivity contribution in [2.45, 2.75) is 11.8 Å². The normalized spacial score (nSPS) is 11.6. The molecule has 0 atom stereocenters. The molecule has 29 heavy (non-hydrogen) atoms. The number of nitrogens with one attached hydrogen (secondary N) is 2. The molecule has 0 spiro atoms. The van der Waals surface area contributed by atoms with Crippen LogP contribution in [0.15, 0.2) is 72.0 Å². The van der Waals surface area contributed by atoms with Crippen LogP contribution >= 0.6 is 0 Å². The van der Waals surface area contributed by atoms with Crippen molar-refractivity contribution >= 4 is 26.7 Å². The molecule has 4 aromatic rings. The van der Waals surface area contributed by atoms with Crippen LogP contribution in [-0.4, -0.2) is 41.0 Å². The third kappa shape index (κ3) is 4.25. The lowest BCUT2D eigenvalue weighted by Gasteiger charge is -2.11. The molecule has 0 aliphatic rings. The van der Waals surface area contributed by atoms with Crippen molar-refractivity contribution in [3.05, 3.63) is 72.9 Å². The molecule has 8 nitrogen and oxygen atoms in total. The number of nitrogens with zero attached hydrogens (tertiary/aromatic N) is 4. The fourth-order valence-electron chi connectivity index (χ4n) is 3.01. The molecule has 0 amide bonds. The molecule has 9 heteroatoms. The van der Waals surface area contributed by atoms with E-state index in [4.69, 9.17) is 0 Å². The Balaban J connectivity index is 1.43. The maximum atomic E-state index is 12.7. The first kappa shape index (κ1) is 19.0. The highest BCUT2D eigenvalue weighted by Crippen LogP contribution is 2.20. The van der Waals surface area contributed by atoms with Crippen LogP contribution in [0.25, 0.3) is 16.7 Å². The average molecular weight is 408 g/mol. The summed E-state index contributed by atoms with van der Waals surface area (Å²) < 4.78 is 29.9. The predicted molar refractivity (Wildman–Crippen MR) is 112 cm³/mol. The fourth-order valence-corrected chi connectivity index (χ4v) is 4.22. The van der Waals surface area contributed by atoms with Crippen molar-refractivity contribution in [2.75, 3.05) is 18.4 Å². The summed E-state index contributed by atoms with van der Waals surface area (Å²) in [6.07, 6.45) is 5.39. The maximum Gasteiger partial charge on any atom is 0.242 e. The molecule has 1 aromatic carbocycles. The number of pyridine rings is 1. The van der Waals surface area contributed by atoms with Crippen LogP contribution in [0.3, 0.4) is 0 Å². The van der Waals surface area contributed by atoms with Gasteiger partial charge in [0.2, 0.25) is 10.0 Å². The second kappa shape index (κ2) is 7.98. The number of fused-ring (bicyclic) bond motifs is 1. The molecule has 3 heterocycles. The van der Waals surface area contributed by atoms with E-state index in [1.807, 2.05) is 54.2 Å². The van der Waals surface area contributed by atoms with Gasteiger partial charge in [-0.15, -0.1) is 0 Å². The SMILES string of the molecule is Cc1nc(NCCNS(=O)(=O)c2cccc3cccnc23)cc(-n2cccc2)n1. The van der Waals surface area contributed by atoms with Gasteiger partial charge in [-0.3, -0.25) is 4.98 Å². The Morgan fingerprint density at radius 1 is 1.00 bits per heavy atom. The van der Waals surface area contributed by atoms with Gasteiger partial charge in [-0.25, -0.2) is 23.1 Å². The van der Waals surface area contributed by atoms with E-state index >= 15 is 0 Å². The lowest BCUT2D eigenvalue weighted by atomic mass is 10.2. The minimum atomic E-state index is -3.68. The van der Waals surface area contributed by atoms with Crippen LogP contribution in [0.1, 0.15) is 5.82 Å². The molecule has 4 rings (SSSR count). The summed E-state index contributed by atoms with van der Waals surface area (Å²) in [4.78, 5) is 13.1. The largest absolute Gasteiger partial charge is 0.369 e. The van der Waals surface area contributed by atoms with Crippen molar-refractivity contribution < 1.29 is 8.42 Å². The van der Waals surface area contributed by atoms with Crippen LogP contribution in [0.5, 0.6) is 0 Å². The molecule has 0 radical (unpaired) electrons. The Morgan fingerprint density at radius 3 is 2.62 bits per heavy atom. The number of para-hydroxylation sites is 1. The molecule has 0 saturated carbocycles. The number of benzene rings is 1. The summed E-state index contributed by atoms with van der Waals surface area (Å²) in [5, 5.41) is 3.92. The topological polar surface area (TPSA) is 102 Å². The Morgan fingerprint density at radius 2 is 1.79 bits per heavy atom. The zero-order valence-electron chi connectivity index (χ0n) is 15.8. The van der Waals surface area contributed by atoms with Gasteiger partial charge in [-0.1, -0.05) is 18.2 Å². The minimum Gasteiger partial charge on any atom is -0.369 e. The Hall–Kier alpha value is -3.30. The van der Waals surface area contributed by atoms with E-state index in [9.17, 15) is 8.42 Å². The van der Waals surface area contributed by atoms with Gasteiger partial charge < -0.3 is 9.88 Å². The van der Waals surface area contributed by atoms with Gasteiger partial charge in [0.15, 0.2) is 0 Å². The van der Waals surface area contributed by atoms with E-state index in [0.717, 1.165) is 11.2 Å². The molecule has 0 unspecified atom stereocenters. The van der Waals surface area contributed by atoms with Crippen molar-refractivity contribution in [1.82, 2.24) is 24.2 Å². The molecule has 3 aromatic heterocycles. The van der Waals surface area contributed by atoms with Gasteiger partial charge in [0.25, 0.3) is 0 Å². The smallest absolute Gasteiger partial charge is 0.242 e. The third-order valence-corrected chi connectivity index (χ3v) is 5.79. The summed E-state index contributed by atoms with van der Waals surface area (Å²) in [6.45, 7) is 2.39. The highest BCUT2D eigenvalue weighted by atomic mass is 32.2. The van der Waals surface area contributed by atoms with Gasteiger partial charge in [-0.2, -0.15) is 0 Å². The van der Waals surface area contributed by atoms with Crippen LogP contribution in [0.4, 0.5) is 5.82 Å². The van der Waals surface area contributed by atoms with Crippen molar-refractivity contribution in [3.63, 3.8) is 0 Å². The highest BCUT2D eigenvalue weighted by Gasteiger charge is 2.17. The molecule has 148 valence electrons. The van der Waals surface area contributed by atoms with E-state index in [1.54, 1.807) is 24.4 Å². The number of rotatable bonds is 7. The molecule has 0 saturated heterocycles. The maximum absolute atomic E-state index is 12.7. The van der Waals surface area contributed by atoms with Gasteiger partial charge in [0.1, 0.15) is 22.4 Å². The standard InChI is InChI=1S/C20H20N6O2S/c1-15-24-18(14-19(25-15)26-12-2-3-13-26)21-10-11-23-29(27,28)17-8-4-6-16-7-5-9-22-20(16)17/h2-9,12-14,23H,10-11H2,1H3,(H,21,24,25). The number of aryl methyl sites for hydroxylation is 1. The first-order valence-corrected chi connectivity index (χ1v) is 10.6. The van der Waals surface area contributed by atoms with Crippen LogP contribution in [-0.2, 0) is 10.0 Å². The van der Waals surface area contributed by atoms with Crippen molar-refractivity contribution in [2.24, 2.45) is 0 Å². The predicted octanol–water partition coefficient (Wildman–Crippen LogP) is 2.51. The molecule has 0 bridgehead atoms. The van der Waals surface area contributed by atoms with Crippen LogP contribution in [0.2, 0.25) is 0 Å². The Labute approximate surface area is 168 Å². The van der Waals surface area contributed by atoms with Crippen molar-refractivity contribution in [1.29, 1.82) is 0 Å². The van der Waals surface area contributed by atoms with E-state index in [0.29, 0.717) is 23.7 Å². The van der Waals surface area contributed by atoms with E-state index in [2.05, 4.69) is 25.0 Å². The summed E-state index contributed by atoms with van der Waals surface area (Å²) in [6, 6.07) is 14.4. The van der Waals surface area contributed by atoms with E-state index in [1.165, 1.54) is 0 Å². The monoisotopic (exact) mass is 408 g/mol. The first-order chi connectivity index (χ1) is 14.0. The second-order valence-corrected chi connectivity index (χ2v) is 8.14. The second-order valence-electron chi connectivity index (χ2n) is 6.40. The zero-order valence-corrected chi connectivity index (χ0v) is 16.6. The molecular formula is C20H20N6O2S. The number of sulfonamides is 1. The van der Waals surface area contributed by atoms with Crippen molar-refractivity contribution in [3.8, 4) is 5.82 Å². The lowest BCUT2D eigenvalue weighted by Crippen LogP contribution is -2.29. The summed E-state index contributed by atoms with van der Waals surface area (Å²) >= 11 is 0. The quantitative estimate of drug-likeness (QED) is 0.456. The fraction of sp³-hybridized carbons (Fsp3) is 0.150. The Bertz CT molecular complexity index is 1230. The third-order valence-electron chi connectivity index (χ3n) is 4.30. The molecule has 0 aliphatic heterocycles. The molecular weight excluding hydrogens is 388 g/mol. The number of hydrogen-bond donors (Lipinski definition) is 2. The first-order valence-electron chi connectivity index (χ1n) is 9.09. The van der Waals surface area contributed by atoms with Gasteiger partial charge in [-0.05, 0) is 31.2 Å². The average Bonchev–Trinajstić information content (AvgIpc) is 3.25.